The second-order valence-corrected chi connectivity index (χ2v) is 3.02. The van der Waals surface area contributed by atoms with Crippen molar-refractivity contribution in [3.63, 3.8) is 0 Å². The predicted molar refractivity (Wildman–Crippen MR) is 47.2 cm³/mol. The molecule has 6 nitrogen and oxygen atoms in total. The fraction of sp³-hybridized carbons (Fsp3) is 0.571. The number of H-pyrrole nitrogens is 1. The molecule has 0 fully saturated rings. The first-order chi connectivity index (χ1) is 6.09. The van der Waals surface area contributed by atoms with Gasteiger partial charge < -0.3 is 15.8 Å². The fourth-order valence-electron chi connectivity index (χ4n) is 0.949. The number of nitrogens with zero attached hydrogens (tertiary/aromatic N) is 2. The molecule has 3 N–H and O–H groups in total. The first kappa shape index (κ1) is 9.66. The van der Waals surface area contributed by atoms with Gasteiger partial charge in [-0.15, -0.1) is 5.10 Å². The smallest absolute Gasteiger partial charge is 0.342 e. The van der Waals surface area contributed by atoms with E-state index >= 15 is 0 Å². The molecular formula is C7H12N4O2. The van der Waals surface area contributed by atoms with Crippen molar-refractivity contribution in [1.29, 1.82) is 0 Å². The van der Waals surface area contributed by atoms with Gasteiger partial charge in [-0.3, -0.25) is 0 Å². The normalized spacial score (nSPS) is 12.8. The lowest BCUT2D eigenvalue weighted by atomic mass is 10.1. The van der Waals surface area contributed by atoms with Crippen LogP contribution in [0.5, 0.6) is 0 Å². The highest BCUT2D eigenvalue weighted by atomic mass is 16.6. The van der Waals surface area contributed by atoms with E-state index in [2.05, 4.69) is 10.2 Å². The van der Waals surface area contributed by atoms with Crippen molar-refractivity contribution in [2.75, 3.05) is 0 Å². The number of rotatable bonds is 4. The monoisotopic (exact) mass is 184 g/mol. The van der Waals surface area contributed by atoms with Gasteiger partial charge in [0, 0.05) is 6.04 Å². The van der Waals surface area contributed by atoms with Crippen molar-refractivity contribution >= 4 is 5.82 Å². The molecular weight excluding hydrogens is 172 g/mol. The third-order valence-corrected chi connectivity index (χ3v) is 1.67. The standard InChI is InChI=1S/C7H12N4O2/c1-5(8)2-3-6-4-7(10-9-6)11(12)13/h4-5H,2-3,8H2,1H3,(H,9,10)/t5-/m0/s1. The summed E-state index contributed by atoms with van der Waals surface area (Å²) in [5.41, 5.74) is 6.22. The van der Waals surface area contributed by atoms with Crippen LogP contribution >= 0.6 is 0 Å². The van der Waals surface area contributed by atoms with Crippen molar-refractivity contribution in [2.24, 2.45) is 5.73 Å². The van der Waals surface area contributed by atoms with Gasteiger partial charge in [0.2, 0.25) is 0 Å². The van der Waals surface area contributed by atoms with E-state index in [0.717, 1.165) is 6.42 Å². The summed E-state index contributed by atoms with van der Waals surface area (Å²) in [4.78, 5) is 9.76. The minimum absolute atomic E-state index is 0.0697. The molecule has 0 aliphatic rings. The highest BCUT2D eigenvalue weighted by molar-refractivity contribution is 5.20. The van der Waals surface area contributed by atoms with E-state index < -0.39 is 4.92 Å². The molecule has 0 unspecified atom stereocenters. The molecule has 0 bridgehead atoms. The number of nitrogens with two attached hydrogens (primary N) is 1. The van der Waals surface area contributed by atoms with Crippen LogP contribution in [0.25, 0.3) is 0 Å². The topological polar surface area (TPSA) is 97.8 Å². The number of aromatic amines is 1. The molecule has 1 heterocycles. The van der Waals surface area contributed by atoms with Gasteiger partial charge in [0.25, 0.3) is 0 Å². The van der Waals surface area contributed by atoms with Gasteiger partial charge in [-0.1, -0.05) is 5.10 Å². The van der Waals surface area contributed by atoms with Crippen LogP contribution in [0.1, 0.15) is 19.0 Å². The third kappa shape index (κ3) is 2.83. The average Bonchev–Trinajstić information content (AvgIpc) is 2.48. The molecule has 1 aromatic heterocycles. The molecule has 0 aromatic carbocycles. The highest BCUT2D eigenvalue weighted by Gasteiger charge is 2.09. The zero-order chi connectivity index (χ0) is 9.84. The molecule has 13 heavy (non-hydrogen) atoms. The number of aryl methyl sites for hydroxylation is 1. The van der Waals surface area contributed by atoms with Crippen LogP contribution in [0.2, 0.25) is 0 Å². The Labute approximate surface area is 75.3 Å². The second-order valence-electron chi connectivity index (χ2n) is 3.02. The third-order valence-electron chi connectivity index (χ3n) is 1.67. The van der Waals surface area contributed by atoms with Crippen molar-refractivity contribution in [3.8, 4) is 0 Å². The predicted octanol–water partition coefficient (Wildman–Crippen LogP) is 0.598. The number of hydrogen-bond acceptors (Lipinski definition) is 4. The van der Waals surface area contributed by atoms with E-state index in [1.54, 1.807) is 0 Å². The molecule has 0 saturated carbocycles. The van der Waals surface area contributed by atoms with Gasteiger partial charge in [-0.05, 0) is 24.7 Å². The average molecular weight is 184 g/mol. The van der Waals surface area contributed by atoms with Crippen LogP contribution in [0, 0.1) is 10.1 Å². The second kappa shape index (κ2) is 3.99. The van der Waals surface area contributed by atoms with Crippen molar-refractivity contribution in [1.82, 2.24) is 10.2 Å². The van der Waals surface area contributed by atoms with Gasteiger partial charge in [0.05, 0.1) is 11.8 Å². The summed E-state index contributed by atoms with van der Waals surface area (Å²) < 4.78 is 0. The lowest BCUT2D eigenvalue weighted by Gasteiger charge is -1.99. The van der Waals surface area contributed by atoms with Crippen LogP contribution in [0.15, 0.2) is 6.07 Å². The molecule has 0 radical (unpaired) electrons. The Morgan fingerprint density at radius 2 is 2.54 bits per heavy atom. The Morgan fingerprint density at radius 1 is 1.85 bits per heavy atom. The summed E-state index contributed by atoms with van der Waals surface area (Å²) >= 11 is 0. The van der Waals surface area contributed by atoms with Crippen molar-refractivity contribution in [3.05, 3.63) is 21.9 Å². The number of aromatic nitrogens is 2. The molecule has 1 rings (SSSR count). The van der Waals surface area contributed by atoms with Gasteiger partial charge in [-0.2, -0.15) is 0 Å². The Morgan fingerprint density at radius 3 is 3.00 bits per heavy atom. The van der Waals surface area contributed by atoms with E-state index in [-0.39, 0.29) is 11.9 Å². The number of hydrogen-bond donors (Lipinski definition) is 2. The van der Waals surface area contributed by atoms with Crippen LogP contribution < -0.4 is 5.73 Å². The van der Waals surface area contributed by atoms with Crippen LogP contribution in [-0.2, 0) is 6.42 Å². The Balaban J connectivity index is 2.54. The van der Waals surface area contributed by atoms with Gasteiger partial charge in [-0.25, -0.2) is 0 Å². The minimum Gasteiger partial charge on any atom is -0.358 e. The maximum atomic E-state index is 10.3. The first-order valence-electron chi connectivity index (χ1n) is 4.04. The molecule has 0 aliphatic heterocycles. The largest absolute Gasteiger partial charge is 0.358 e. The summed E-state index contributed by atoms with van der Waals surface area (Å²) in [6, 6.07) is 1.53. The number of nitro groups is 1. The lowest BCUT2D eigenvalue weighted by molar-refractivity contribution is -0.389. The van der Waals surface area contributed by atoms with E-state index in [4.69, 9.17) is 5.73 Å². The van der Waals surface area contributed by atoms with Crippen LogP contribution in [-0.4, -0.2) is 21.2 Å². The Hall–Kier alpha value is -1.43. The molecule has 0 spiro atoms. The minimum atomic E-state index is -0.498. The molecule has 6 heteroatoms. The number of nitrogens with one attached hydrogen (secondary N) is 1. The van der Waals surface area contributed by atoms with Crippen LogP contribution in [0.4, 0.5) is 5.82 Å². The fourth-order valence-corrected chi connectivity index (χ4v) is 0.949. The van der Waals surface area contributed by atoms with E-state index in [9.17, 15) is 10.1 Å². The van der Waals surface area contributed by atoms with E-state index in [1.807, 2.05) is 6.92 Å². The summed E-state index contributed by atoms with van der Waals surface area (Å²) in [5.74, 6) is -0.0697. The zero-order valence-electron chi connectivity index (χ0n) is 7.36. The SMILES string of the molecule is C[C@H](N)CCc1cc([N+](=O)[O-])[nH]n1. The van der Waals surface area contributed by atoms with Gasteiger partial charge >= 0.3 is 5.82 Å². The summed E-state index contributed by atoms with van der Waals surface area (Å²) in [6.45, 7) is 1.89. The molecule has 72 valence electrons. The lowest BCUT2D eigenvalue weighted by Crippen LogP contribution is -2.15. The molecule has 0 aliphatic carbocycles. The summed E-state index contributed by atoms with van der Waals surface area (Å²) in [6.07, 6.45) is 1.45. The molecule has 1 aromatic rings. The highest BCUT2D eigenvalue weighted by Crippen LogP contribution is 2.09. The molecule has 0 amide bonds. The quantitative estimate of drug-likeness (QED) is 0.528. The molecule has 1 atom stereocenters. The Kier molecular flexibility index (Phi) is 2.97. The van der Waals surface area contributed by atoms with Gasteiger partial charge in [0.1, 0.15) is 0 Å². The maximum Gasteiger partial charge on any atom is 0.342 e. The summed E-state index contributed by atoms with van der Waals surface area (Å²) in [7, 11) is 0. The van der Waals surface area contributed by atoms with Crippen molar-refractivity contribution < 1.29 is 4.92 Å². The maximum absolute atomic E-state index is 10.3. The van der Waals surface area contributed by atoms with Gasteiger partial charge in [0.15, 0.2) is 0 Å². The van der Waals surface area contributed by atoms with E-state index in [0.29, 0.717) is 12.1 Å². The van der Waals surface area contributed by atoms with Crippen molar-refractivity contribution in [2.45, 2.75) is 25.8 Å². The zero-order valence-corrected chi connectivity index (χ0v) is 7.36. The summed E-state index contributed by atoms with van der Waals surface area (Å²) in [5, 5.41) is 16.4. The van der Waals surface area contributed by atoms with E-state index in [1.165, 1.54) is 6.07 Å². The van der Waals surface area contributed by atoms with Crippen LogP contribution in [0.3, 0.4) is 0 Å². The molecule has 0 saturated heterocycles. The first-order valence-corrected chi connectivity index (χ1v) is 4.04. The Bertz CT molecular complexity index is 294.